The summed E-state index contributed by atoms with van der Waals surface area (Å²) in [4.78, 5) is 17.9. The lowest BCUT2D eigenvalue weighted by Crippen LogP contribution is -2.32. The van der Waals surface area contributed by atoms with Crippen molar-refractivity contribution in [2.24, 2.45) is 0 Å². The molecule has 0 atom stereocenters. The van der Waals surface area contributed by atoms with Gasteiger partial charge in [-0.25, -0.2) is 4.98 Å². The fraction of sp³-hybridized carbons (Fsp3) is 0.429. The molecule has 0 spiro atoms. The molecule has 20 heavy (non-hydrogen) atoms. The molecule has 0 aliphatic carbocycles. The van der Waals surface area contributed by atoms with Gasteiger partial charge in [0.05, 0.1) is 12.1 Å². The molecule has 0 aliphatic rings. The van der Waals surface area contributed by atoms with Crippen LogP contribution in [0.5, 0.6) is 0 Å². The summed E-state index contributed by atoms with van der Waals surface area (Å²) in [5.74, 6) is 0.428. The smallest absolute Gasteiger partial charge is 0.255 e. The van der Waals surface area contributed by atoms with Gasteiger partial charge in [0.2, 0.25) is 0 Å². The molecule has 104 valence electrons. The maximum Gasteiger partial charge on any atom is 0.255 e. The zero-order chi connectivity index (χ0) is 15.1. The SMILES string of the molecule is CNc1cc(C(=O)N(CC#N)CC#N)cc(C(C)C)n1. The predicted molar refractivity (Wildman–Crippen MR) is 75.0 cm³/mol. The molecule has 1 amide bonds. The van der Waals surface area contributed by atoms with E-state index in [1.807, 2.05) is 26.0 Å². The first-order valence-corrected chi connectivity index (χ1v) is 6.26. The number of hydrogen-bond acceptors (Lipinski definition) is 5. The number of nitrogens with one attached hydrogen (secondary N) is 1. The molecule has 1 N–H and O–H groups in total. The Balaban J connectivity index is 3.17. The van der Waals surface area contributed by atoms with Crippen LogP contribution in [0, 0.1) is 22.7 Å². The van der Waals surface area contributed by atoms with Crippen LogP contribution in [0.4, 0.5) is 5.82 Å². The van der Waals surface area contributed by atoms with Crippen LogP contribution < -0.4 is 5.32 Å². The fourth-order valence-corrected chi connectivity index (χ4v) is 1.65. The van der Waals surface area contributed by atoms with E-state index in [0.29, 0.717) is 11.4 Å². The Bertz CT molecular complexity index is 552. The van der Waals surface area contributed by atoms with Crippen LogP contribution in [0.2, 0.25) is 0 Å². The number of pyridine rings is 1. The van der Waals surface area contributed by atoms with Gasteiger partial charge < -0.3 is 10.2 Å². The standard InChI is InChI=1S/C14H17N5O/c1-10(2)12-8-11(9-13(17-3)18-12)14(20)19(6-4-15)7-5-16/h8-10H,6-7H2,1-3H3,(H,17,18). The van der Waals surface area contributed by atoms with Crippen LogP contribution in [0.15, 0.2) is 12.1 Å². The van der Waals surface area contributed by atoms with E-state index in [1.54, 1.807) is 19.2 Å². The lowest BCUT2D eigenvalue weighted by molar-refractivity contribution is 0.0794. The van der Waals surface area contributed by atoms with Crippen molar-refractivity contribution >= 4 is 11.7 Å². The highest BCUT2D eigenvalue weighted by Gasteiger charge is 2.17. The van der Waals surface area contributed by atoms with E-state index in [2.05, 4.69) is 10.3 Å². The van der Waals surface area contributed by atoms with E-state index >= 15 is 0 Å². The van der Waals surface area contributed by atoms with Crippen LogP contribution in [-0.2, 0) is 0 Å². The average Bonchev–Trinajstić information content (AvgIpc) is 2.45. The molecule has 0 saturated heterocycles. The molecule has 6 nitrogen and oxygen atoms in total. The van der Waals surface area contributed by atoms with Gasteiger partial charge in [-0.1, -0.05) is 13.8 Å². The molecular weight excluding hydrogens is 254 g/mol. The van der Waals surface area contributed by atoms with E-state index in [4.69, 9.17) is 10.5 Å². The normalized spacial score (nSPS) is 9.70. The van der Waals surface area contributed by atoms with E-state index in [-0.39, 0.29) is 24.9 Å². The molecule has 0 aliphatic heterocycles. The summed E-state index contributed by atoms with van der Waals surface area (Å²) < 4.78 is 0. The molecule has 0 radical (unpaired) electrons. The predicted octanol–water partition coefficient (Wildman–Crippen LogP) is 1.74. The van der Waals surface area contributed by atoms with Gasteiger partial charge in [0.15, 0.2) is 0 Å². The van der Waals surface area contributed by atoms with Crippen molar-refractivity contribution in [3.8, 4) is 12.1 Å². The minimum absolute atomic E-state index is 0.111. The Morgan fingerprint density at radius 1 is 1.35 bits per heavy atom. The first kappa shape index (κ1) is 15.5. The largest absolute Gasteiger partial charge is 0.373 e. The number of anilines is 1. The Morgan fingerprint density at radius 3 is 2.40 bits per heavy atom. The van der Waals surface area contributed by atoms with E-state index in [0.717, 1.165) is 5.69 Å². The molecule has 1 rings (SSSR count). The summed E-state index contributed by atoms with van der Waals surface area (Å²) in [6.45, 7) is 3.75. The molecular formula is C14H17N5O. The average molecular weight is 271 g/mol. The molecule has 0 bridgehead atoms. The Hall–Kier alpha value is -2.60. The third-order valence-corrected chi connectivity index (χ3v) is 2.75. The number of aromatic nitrogens is 1. The van der Waals surface area contributed by atoms with Crippen molar-refractivity contribution in [3.63, 3.8) is 0 Å². The van der Waals surface area contributed by atoms with Crippen LogP contribution in [0.1, 0.15) is 35.8 Å². The molecule has 0 fully saturated rings. The molecule has 1 aromatic heterocycles. The van der Waals surface area contributed by atoms with Gasteiger partial charge in [0, 0.05) is 18.3 Å². The summed E-state index contributed by atoms with van der Waals surface area (Å²) in [7, 11) is 1.73. The van der Waals surface area contributed by atoms with Crippen LogP contribution in [0.3, 0.4) is 0 Å². The highest BCUT2D eigenvalue weighted by atomic mass is 16.2. The molecule has 1 heterocycles. The zero-order valence-corrected chi connectivity index (χ0v) is 11.8. The molecule has 6 heteroatoms. The molecule has 1 aromatic rings. The Kier molecular flexibility index (Phi) is 5.49. The highest BCUT2D eigenvalue weighted by molar-refractivity contribution is 5.95. The second-order valence-electron chi connectivity index (χ2n) is 4.55. The van der Waals surface area contributed by atoms with Gasteiger partial charge in [0.1, 0.15) is 18.9 Å². The lowest BCUT2D eigenvalue weighted by Gasteiger charge is -2.17. The number of carbonyl (C=O) groups excluding carboxylic acids is 1. The van der Waals surface area contributed by atoms with Crippen molar-refractivity contribution in [1.29, 1.82) is 10.5 Å². The number of nitriles is 2. The number of nitrogens with zero attached hydrogens (tertiary/aromatic N) is 4. The highest BCUT2D eigenvalue weighted by Crippen LogP contribution is 2.18. The van der Waals surface area contributed by atoms with E-state index in [9.17, 15) is 4.79 Å². The first-order chi connectivity index (χ1) is 9.53. The second-order valence-corrected chi connectivity index (χ2v) is 4.55. The molecule has 0 unspecified atom stereocenters. The quantitative estimate of drug-likeness (QED) is 0.823. The maximum atomic E-state index is 12.3. The van der Waals surface area contributed by atoms with E-state index < -0.39 is 0 Å². The van der Waals surface area contributed by atoms with Crippen LogP contribution in [0.25, 0.3) is 0 Å². The number of rotatable bonds is 5. The third kappa shape index (κ3) is 3.69. The lowest BCUT2D eigenvalue weighted by atomic mass is 10.1. The topological polar surface area (TPSA) is 92.8 Å². The van der Waals surface area contributed by atoms with Crippen molar-refractivity contribution in [3.05, 3.63) is 23.4 Å². The zero-order valence-electron chi connectivity index (χ0n) is 11.8. The second kappa shape index (κ2) is 7.10. The summed E-state index contributed by atoms with van der Waals surface area (Å²) >= 11 is 0. The van der Waals surface area contributed by atoms with Gasteiger partial charge in [-0.2, -0.15) is 10.5 Å². The van der Waals surface area contributed by atoms with Gasteiger partial charge >= 0.3 is 0 Å². The minimum Gasteiger partial charge on any atom is -0.373 e. The summed E-state index contributed by atoms with van der Waals surface area (Å²) in [5, 5.41) is 20.4. The molecule has 0 aromatic carbocycles. The van der Waals surface area contributed by atoms with Crippen molar-refractivity contribution < 1.29 is 4.79 Å². The van der Waals surface area contributed by atoms with Crippen LogP contribution in [-0.4, -0.2) is 35.9 Å². The summed E-state index contributed by atoms with van der Waals surface area (Å²) in [6, 6.07) is 7.11. The van der Waals surface area contributed by atoms with Crippen molar-refractivity contribution in [2.45, 2.75) is 19.8 Å². The van der Waals surface area contributed by atoms with Crippen LogP contribution >= 0.6 is 0 Å². The van der Waals surface area contributed by atoms with Gasteiger partial charge in [-0.15, -0.1) is 0 Å². The Labute approximate surface area is 118 Å². The minimum atomic E-state index is -0.339. The van der Waals surface area contributed by atoms with Crippen molar-refractivity contribution in [1.82, 2.24) is 9.88 Å². The van der Waals surface area contributed by atoms with E-state index in [1.165, 1.54) is 4.90 Å². The van der Waals surface area contributed by atoms with Crippen molar-refractivity contribution in [2.75, 3.05) is 25.5 Å². The Morgan fingerprint density at radius 2 is 1.95 bits per heavy atom. The maximum absolute atomic E-state index is 12.3. The van der Waals surface area contributed by atoms with Gasteiger partial charge in [-0.05, 0) is 18.1 Å². The summed E-state index contributed by atoms with van der Waals surface area (Å²) in [5.41, 5.74) is 1.22. The third-order valence-electron chi connectivity index (χ3n) is 2.75. The van der Waals surface area contributed by atoms with Gasteiger partial charge in [0.25, 0.3) is 5.91 Å². The number of hydrogen-bond donors (Lipinski definition) is 1. The number of carbonyl (C=O) groups is 1. The monoisotopic (exact) mass is 271 g/mol. The molecule has 0 saturated carbocycles. The van der Waals surface area contributed by atoms with Gasteiger partial charge in [-0.3, -0.25) is 4.79 Å². The fourth-order valence-electron chi connectivity index (χ4n) is 1.65. The number of amides is 1. The first-order valence-electron chi connectivity index (χ1n) is 6.26. The summed E-state index contributed by atoms with van der Waals surface area (Å²) in [6.07, 6.45) is 0.